The molecule has 27 heavy (non-hydrogen) atoms. The van der Waals surface area contributed by atoms with Gasteiger partial charge < -0.3 is 5.32 Å². The summed E-state index contributed by atoms with van der Waals surface area (Å²) in [6, 6.07) is 14.1. The van der Waals surface area contributed by atoms with E-state index in [-0.39, 0.29) is 23.5 Å². The lowest BCUT2D eigenvalue weighted by Crippen LogP contribution is -2.38. The predicted octanol–water partition coefficient (Wildman–Crippen LogP) is 3.88. The van der Waals surface area contributed by atoms with Crippen LogP contribution in [0.1, 0.15) is 10.4 Å². The third kappa shape index (κ3) is 3.51. The Labute approximate surface area is 164 Å². The van der Waals surface area contributed by atoms with E-state index in [0.29, 0.717) is 22.0 Å². The van der Waals surface area contributed by atoms with Crippen LogP contribution in [0.25, 0.3) is 0 Å². The summed E-state index contributed by atoms with van der Waals surface area (Å²) in [5.74, 6) is -0.630. The normalized spacial score (nSPS) is 12.8. The molecule has 0 aliphatic carbocycles. The number of aromatic nitrogens is 2. The van der Waals surface area contributed by atoms with Crippen LogP contribution in [-0.2, 0) is 4.79 Å². The fraction of sp³-hybridized carbons (Fsp3) is 0.0526. The second-order valence-corrected chi connectivity index (χ2v) is 7.10. The maximum absolute atomic E-state index is 13.1. The van der Waals surface area contributed by atoms with Crippen LogP contribution in [0, 0.1) is 0 Å². The van der Waals surface area contributed by atoms with E-state index in [4.69, 9.17) is 11.6 Å². The number of amides is 2. The Balaban J connectivity index is 1.67. The van der Waals surface area contributed by atoms with Gasteiger partial charge in [0.15, 0.2) is 5.15 Å². The van der Waals surface area contributed by atoms with Crippen molar-refractivity contribution in [2.75, 3.05) is 16.8 Å². The van der Waals surface area contributed by atoms with Gasteiger partial charge in [-0.25, -0.2) is 9.97 Å². The zero-order chi connectivity index (χ0) is 18.8. The second kappa shape index (κ2) is 7.38. The molecule has 0 atom stereocenters. The minimum atomic E-state index is -0.377. The highest BCUT2D eigenvalue weighted by atomic mass is 35.5. The third-order valence-electron chi connectivity index (χ3n) is 3.95. The van der Waals surface area contributed by atoms with E-state index in [0.717, 1.165) is 4.90 Å². The van der Waals surface area contributed by atoms with Crippen molar-refractivity contribution in [3.8, 4) is 0 Å². The maximum Gasteiger partial charge on any atom is 0.259 e. The van der Waals surface area contributed by atoms with Crippen LogP contribution < -0.4 is 10.2 Å². The third-order valence-corrected chi connectivity index (χ3v) is 5.33. The molecule has 0 radical (unpaired) electrons. The molecular formula is C19H13ClN4O2S. The minimum Gasteiger partial charge on any atom is -0.322 e. The Hall–Kier alpha value is -2.90. The van der Waals surface area contributed by atoms with Crippen LogP contribution >= 0.6 is 23.4 Å². The Morgan fingerprint density at radius 1 is 1.07 bits per heavy atom. The van der Waals surface area contributed by atoms with E-state index in [1.54, 1.807) is 42.6 Å². The molecule has 0 bridgehead atoms. The summed E-state index contributed by atoms with van der Waals surface area (Å²) in [6.45, 7) is -0.169. The van der Waals surface area contributed by atoms with E-state index >= 15 is 0 Å². The standard InChI is InChI=1S/C19H13ClN4O2S/c20-17-13(6-3-9-21-17)23-16(25)11-24-14-7-4-10-22-18(14)27-15-8-2-1-5-12(15)19(24)26/h1-10H,11H2,(H,23,25). The molecule has 0 saturated carbocycles. The molecule has 2 amide bonds. The number of halogens is 1. The van der Waals surface area contributed by atoms with Gasteiger partial charge >= 0.3 is 0 Å². The molecule has 0 spiro atoms. The number of carbonyl (C=O) groups is 2. The summed E-state index contributed by atoms with van der Waals surface area (Å²) in [7, 11) is 0. The van der Waals surface area contributed by atoms with Gasteiger partial charge in [0.1, 0.15) is 11.6 Å². The summed E-state index contributed by atoms with van der Waals surface area (Å²) >= 11 is 7.40. The number of hydrogen-bond acceptors (Lipinski definition) is 5. The summed E-state index contributed by atoms with van der Waals surface area (Å²) < 4.78 is 0. The highest BCUT2D eigenvalue weighted by Crippen LogP contribution is 2.39. The van der Waals surface area contributed by atoms with Crippen LogP contribution in [0.4, 0.5) is 11.4 Å². The molecule has 8 heteroatoms. The first kappa shape index (κ1) is 17.5. The van der Waals surface area contributed by atoms with Crippen LogP contribution in [0.5, 0.6) is 0 Å². The molecule has 6 nitrogen and oxygen atoms in total. The zero-order valence-electron chi connectivity index (χ0n) is 13.9. The van der Waals surface area contributed by atoms with Crippen LogP contribution in [0.3, 0.4) is 0 Å². The molecule has 1 aliphatic heterocycles. The first-order chi connectivity index (χ1) is 13.1. The molecule has 3 heterocycles. The van der Waals surface area contributed by atoms with Gasteiger partial charge in [0.2, 0.25) is 5.91 Å². The van der Waals surface area contributed by atoms with Gasteiger partial charge in [-0.3, -0.25) is 14.5 Å². The van der Waals surface area contributed by atoms with Crippen LogP contribution in [-0.4, -0.2) is 28.3 Å². The van der Waals surface area contributed by atoms with E-state index in [2.05, 4.69) is 15.3 Å². The van der Waals surface area contributed by atoms with Crippen molar-refractivity contribution in [1.29, 1.82) is 0 Å². The Kier molecular flexibility index (Phi) is 4.79. The highest BCUT2D eigenvalue weighted by molar-refractivity contribution is 7.99. The van der Waals surface area contributed by atoms with Crippen molar-refractivity contribution in [2.24, 2.45) is 0 Å². The first-order valence-corrected chi connectivity index (χ1v) is 9.27. The minimum absolute atomic E-state index is 0.169. The number of nitrogens with one attached hydrogen (secondary N) is 1. The lowest BCUT2D eigenvalue weighted by Gasteiger charge is -2.22. The number of anilines is 2. The second-order valence-electron chi connectivity index (χ2n) is 5.71. The largest absolute Gasteiger partial charge is 0.322 e. The van der Waals surface area contributed by atoms with Crippen molar-refractivity contribution in [1.82, 2.24) is 9.97 Å². The first-order valence-electron chi connectivity index (χ1n) is 8.07. The van der Waals surface area contributed by atoms with Gasteiger partial charge in [-0.05, 0) is 36.4 Å². The molecule has 1 N–H and O–H groups in total. The molecule has 1 aromatic carbocycles. The number of hydrogen-bond donors (Lipinski definition) is 1. The van der Waals surface area contributed by atoms with Crippen molar-refractivity contribution in [2.45, 2.75) is 9.92 Å². The molecule has 0 unspecified atom stereocenters. The van der Waals surface area contributed by atoms with Gasteiger partial charge in [-0.2, -0.15) is 0 Å². The summed E-state index contributed by atoms with van der Waals surface area (Å²) in [6.07, 6.45) is 3.20. The van der Waals surface area contributed by atoms with E-state index in [1.807, 2.05) is 12.1 Å². The van der Waals surface area contributed by atoms with Crippen LogP contribution in [0.2, 0.25) is 5.15 Å². The van der Waals surface area contributed by atoms with E-state index in [1.165, 1.54) is 22.9 Å². The topological polar surface area (TPSA) is 75.2 Å². The number of nitrogens with zero attached hydrogens (tertiary/aromatic N) is 3. The number of pyridine rings is 2. The van der Waals surface area contributed by atoms with Gasteiger partial charge in [0.05, 0.1) is 16.9 Å². The Morgan fingerprint density at radius 2 is 1.85 bits per heavy atom. The van der Waals surface area contributed by atoms with Gasteiger partial charge in [0, 0.05) is 17.3 Å². The van der Waals surface area contributed by atoms with Gasteiger partial charge in [-0.1, -0.05) is 35.5 Å². The van der Waals surface area contributed by atoms with Gasteiger partial charge in [0.25, 0.3) is 5.91 Å². The quantitative estimate of drug-likeness (QED) is 0.680. The SMILES string of the molecule is O=C(CN1C(=O)c2ccccc2Sc2ncccc21)Nc1cccnc1Cl. The van der Waals surface area contributed by atoms with Crippen molar-refractivity contribution in [3.05, 3.63) is 71.6 Å². The molecule has 4 rings (SSSR count). The maximum atomic E-state index is 13.1. The van der Waals surface area contributed by atoms with Crippen molar-refractivity contribution >= 4 is 46.6 Å². The van der Waals surface area contributed by atoms with Gasteiger partial charge in [-0.15, -0.1) is 0 Å². The summed E-state index contributed by atoms with van der Waals surface area (Å²) in [5, 5.41) is 3.56. The number of carbonyl (C=O) groups excluding carboxylic acids is 2. The summed E-state index contributed by atoms with van der Waals surface area (Å²) in [5.41, 5.74) is 1.52. The monoisotopic (exact) mass is 396 g/mol. The van der Waals surface area contributed by atoms with Crippen molar-refractivity contribution in [3.63, 3.8) is 0 Å². The average Bonchev–Trinajstić information content (AvgIpc) is 2.79. The number of benzene rings is 1. The average molecular weight is 397 g/mol. The van der Waals surface area contributed by atoms with Crippen molar-refractivity contribution < 1.29 is 9.59 Å². The number of rotatable bonds is 3. The highest BCUT2D eigenvalue weighted by Gasteiger charge is 2.29. The molecule has 0 fully saturated rings. The van der Waals surface area contributed by atoms with E-state index < -0.39 is 0 Å². The fourth-order valence-corrected chi connectivity index (χ4v) is 3.91. The number of fused-ring (bicyclic) bond motifs is 2. The van der Waals surface area contributed by atoms with E-state index in [9.17, 15) is 9.59 Å². The Morgan fingerprint density at radius 3 is 2.70 bits per heavy atom. The molecular weight excluding hydrogens is 384 g/mol. The fourth-order valence-electron chi connectivity index (χ4n) is 2.73. The zero-order valence-corrected chi connectivity index (χ0v) is 15.5. The lowest BCUT2D eigenvalue weighted by molar-refractivity contribution is -0.114. The molecule has 0 saturated heterocycles. The van der Waals surface area contributed by atoms with Crippen LogP contribution in [0.15, 0.2) is 70.8 Å². The molecule has 134 valence electrons. The predicted molar refractivity (Wildman–Crippen MR) is 104 cm³/mol. The lowest BCUT2D eigenvalue weighted by atomic mass is 10.2. The molecule has 3 aromatic rings. The molecule has 1 aliphatic rings. The Bertz CT molecular complexity index is 1040. The molecule has 2 aromatic heterocycles. The summed E-state index contributed by atoms with van der Waals surface area (Å²) in [4.78, 5) is 36.3. The smallest absolute Gasteiger partial charge is 0.259 e.